The summed E-state index contributed by atoms with van der Waals surface area (Å²) in [6.45, 7) is -0.586. The Hall–Kier alpha value is -1.42. The second-order valence-electron chi connectivity index (χ2n) is 3.70. The standard InChI is InChI=1S/C11H13NO4S/c12-5-9-2-1-3-10(4-9)7-17(15,16)8-11(14)6-13/h1-4,11,13-14H,6-8H2. The van der Waals surface area contributed by atoms with Crippen LogP contribution in [0, 0.1) is 11.3 Å². The van der Waals surface area contributed by atoms with Crippen LogP contribution in [0.1, 0.15) is 11.1 Å². The molecule has 0 saturated carbocycles. The minimum absolute atomic E-state index is 0.250. The molecule has 1 rings (SSSR count). The summed E-state index contributed by atoms with van der Waals surface area (Å²) < 4.78 is 23.2. The lowest BCUT2D eigenvalue weighted by molar-refractivity contribution is 0.112. The van der Waals surface area contributed by atoms with E-state index in [1.54, 1.807) is 18.2 Å². The number of nitriles is 1. The van der Waals surface area contributed by atoms with Crippen molar-refractivity contribution >= 4 is 9.84 Å². The van der Waals surface area contributed by atoms with Gasteiger partial charge >= 0.3 is 0 Å². The maximum atomic E-state index is 11.6. The number of aliphatic hydroxyl groups excluding tert-OH is 2. The summed E-state index contributed by atoms with van der Waals surface area (Å²) in [6, 6.07) is 8.20. The Kier molecular flexibility index (Phi) is 4.63. The number of rotatable bonds is 5. The third-order valence-electron chi connectivity index (χ3n) is 2.10. The molecule has 17 heavy (non-hydrogen) atoms. The Morgan fingerprint density at radius 2 is 2.12 bits per heavy atom. The highest BCUT2D eigenvalue weighted by Gasteiger charge is 2.17. The molecular weight excluding hydrogens is 242 g/mol. The SMILES string of the molecule is N#Cc1cccc(CS(=O)(=O)CC(O)CO)c1. The fourth-order valence-electron chi connectivity index (χ4n) is 1.39. The minimum atomic E-state index is -3.49. The third kappa shape index (κ3) is 4.53. The lowest BCUT2D eigenvalue weighted by atomic mass is 10.2. The Balaban J connectivity index is 2.80. The monoisotopic (exact) mass is 255 g/mol. The molecule has 5 nitrogen and oxygen atoms in total. The van der Waals surface area contributed by atoms with Crippen LogP contribution in [0.3, 0.4) is 0 Å². The fraction of sp³-hybridized carbons (Fsp3) is 0.364. The zero-order valence-electron chi connectivity index (χ0n) is 9.07. The van der Waals surface area contributed by atoms with Crippen LogP contribution in [0.25, 0.3) is 0 Å². The van der Waals surface area contributed by atoms with E-state index in [4.69, 9.17) is 15.5 Å². The Morgan fingerprint density at radius 1 is 1.41 bits per heavy atom. The molecule has 1 unspecified atom stereocenters. The topological polar surface area (TPSA) is 98.4 Å². The van der Waals surface area contributed by atoms with Gasteiger partial charge in [-0.1, -0.05) is 12.1 Å². The number of hydrogen-bond donors (Lipinski definition) is 2. The molecule has 0 aliphatic rings. The first-order valence-electron chi connectivity index (χ1n) is 4.95. The normalized spacial score (nSPS) is 13.0. The molecular formula is C11H13NO4S. The first kappa shape index (κ1) is 13.6. The molecule has 0 aromatic heterocycles. The van der Waals surface area contributed by atoms with Gasteiger partial charge in [0.05, 0.1) is 35.8 Å². The van der Waals surface area contributed by atoms with Crippen LogP contribution >= 0.6 is 0 Å². The molecule has 2 N–H and O–H groups in total. The largest absolute Gasteiger partial charge is 0.394 e. The predicted octanol–water partition coefficient (Wildman–Crippen LogP) is -0.174. The lowest BCUT2D eigenvalue weighted by Gasteiger charge is -2.08. The summed E-state index contributed by atoms with van der Waals surface area (Å²) >= 11 is 0. The maximum absolute atomic E-state index is 11.6. The van der Waals surface area contributed by atoms with Crippen molar-refractivity contribution in [3.8, 4) is 6.07 Å². The first-order valence-corrected chi connectivity index (χ1v) is 6.77. The minimum Gasteiger partial charge on any atom is -0.394 e. The van der Waals surface area contributed by atoms with Crippen molar-refractivity contribution in [3.63, 3.8) is 0 Å². The quantitative estimate of drug-likeness (QED) is 0.761. The lowest BCUT2D eigenvalue weighted by Crippen LogP contribution is -2.25. The van der Waals surface area contributed by atoms with E-state index in [0.29, 0.717) is 11.1 Å². The van der Waals surface area contributed by atoms with Gasteiger partial charge in [0, 0.05) is 0 Å². The summed E-state index contributed by atoms with van der Waals surface area (Å²) in [5, 5.41) is 26.4. The van der Waals surface area contributed by atoms with Crippen molar-refractivity contribution in [2.75, 3.05) is 12.4 Å². The fourth-order valence-corrected chi connectivity index (χ4v) is 2.89. The Morgan fingerprint density at radius 3 is 2.71 bits per heavy atom. The van der Waals surface area contributed by atoms with Gasteiger partial charge < -0.3 is 10.2 Å². The molecule has 0 saturated heterocycles. The van der Waals surface area contributed by atoms with Crippen LogP contribution in [-0.4, -0.2) is 37.1 Å². The zero-order valence-corrected chi connectivity index (χ0v) is 9.89. The van der Waals surface area contributed by atoms with E-state index in [0.717, 1.165) is 0 Å². The highest BCUT2D eigenvalue weighted by atomic mass is 32.2. The van der Waals surface area contributed by atoms with E-state index >= 15 is 0 Å². The van der Waals surface area contributed by atoms with Crippen LogP contribution in [0.5, 0.6) is 0 Å². The van der Waals surface area contributed by atoms with Crippen molar-refractivity contribution in [1.29, 1.82) is 5.26 Å². The summed E-state index contributed by atoms with van der Waals surface area (Å²) in [7, 11) is -3.49. The smallest absolute Gasteiger partial charge is 0.157 e. The van der Waals surface area contributed by atoms with Crippen molar-refractivity contribution in [2.45, 2.75) is 11.9 Å². The number of aliphatic hydroxyl groups is 2. The molecule has 0 bridgehead atoms. The molecule has 1 aromatic carbocycles. The second-order valence-corrected chi connectivity index (χ2v) is 5.81. The van der Waals surface area contributed by atoms with Gasteiger partial charge in [-0.05, 0) is 17.7 Å². The highest BCUT2D eigenvalue weighted by molar-refractivity contribution is 7.90. The average molecular weight is 255 g/mol. The maximum Gasteiger partial charge on any atom is 0.157 e. The van der Waals surface area contributed by atoms with Gasteiger partial charge in [0.1, 0.15) is 0 Å². The molecule has 1 aromatic rings. The molecule has 0 aliphatic heterocycles. The Bertz CT molecular complexity index is 519. The number of nitrogens with zero attached hydrogens (tertiary/aromatic N) is 1. The van der Waals surface area contributed by atoms with Gasteiger partial charge in [-0.15, -0.1) is 0 Å². The van der Waals surface area contributed by atoms with Gasteiger partial charge in [-0.25, -0.2) is 8.42 Å². The highest BCUT2D eigenvalue weighted by Crippen LogP contribution is 2.10. The molecule has 6 heteroatoms. The molecule has 0 spiro atoms. The van der Waals surface area contributed by atoms with Crippen molar-refractivity contribution < 1.29 is 18.6 Å². The van der Waals surface area contributed by atoms with Gasteiger partial charge in [-0.3, -0.25) is 0 Å². The van der Waals surface area contributed by atoms with Crippen LogP contribution in [0.2, 0.25) is 0 Å². The van der Waals surface area contributed by atoms with E-state index in [1.165, 1.54) is 6.07 Å². The summed E-state index contributed by atoms with van der Waals surface area (Å²) in [5.41, 5.74) is 0.884. The van der Waals surface area contributed by atoms with Gasteiger partial charge in [0.2, 0.25) is 0 Å². The summed E-state index contributed by atoms with van der Waals surface area (Å²) in [5.74, 6) is -0.736. The second kappa shape index (κ2) is 5.77. The summed E-state index contributed by atoms with van der Waals surface area (Å²) in [6.07, 6.45) is -1.26. The number of hydrogen-bond acceptors (Lipinski definition) is 5. The molecule has 0 amide bonds. The van der Waals surface area contributed by atoms with E-state index < -0.39 is 28.3 Å². The Labute approximate surface area is 99.9 Å². The molecule has 0 heterocycles. The van der Waals surface area contributed by atoms with Crippen LogP contribution in [-0.2, 0) is 15.6 Å². The molecule has 92 valence electrons. The van der Waals surface area contributed by atoms with Crippen molar-refractivity contribution in [2.24, 2.45) is 0 Å². The van der Waals surface area contributed by atoms with Gasteiger partial charge in [-0.2, -0.15) is 5.26 Å². The van der Waals surface area contributed by atoms with E-state index in [2.05, 4.69) is 0 Å². The zero-order chi connectivity index (χ0) is 12.9. The number of benzene rings is 1. The van der Waals surface area contributed by atoms with Crippen LogP contribution < -0.4 is 0 Å². The molecule has 0 aliphatic carbocycles. The van der Waals surface area contributed by atoms with E-state index in [1.807, 2.05) is 6.07 Å². The van der Waals surface area contributed by atoms with Gasteiger partial charge in [0.25, 0.3) is 0 Å². The van der Waals surface area contributed by atoms with Gasteiger partial charge in [0.15, 0.2) is 9.84 Å². The van der Waals surface area contributed by atoms with E-state index in [-0.39, 0.29) is 5.75 Å². The molecule has 0 radical (unpaired) electrons. The third-order valence-corrected chi connectivity index (χ3v) is 3.77. The summed E-state index contributed by atoms with van der Waals surface area (Å²) in [4.78, 5) is 0. The van der Waals surface area contributed by atoms with Crippen molar-refractivity contribution in [3.05, 3.63) is 35.4 Å². The number of sulfone groups is 1. The predicted molar refractivity (Wildman–Crippen MR) is 61.7 cm³/mol. The molecule has 1 atom stereocenters. The van der Waals surface area contributed by atoms with Crippen molar-refractivity contribution in [1.82, 2.24) is 0 Å². The van der Waals surface area contributed by atoms with E-state index in [9.17, 15) is 8.42 Å². The van der Waals surface area contributed by atoms with Crippen LogP contribution in [0.4, 0.5) is 0 Å². The molecule has 0 fully saturated rings. The first-order chi connectivity index (χ1) is 7.96. The van der Waals surface area contributed by atoms with Crippen LogP contribution in [0.15, 0.2) is 24.3 Å². The average Bonchev–Trinajstić information content (AvgIpc) is 2.27.